The smallest absolute Gasteiger partial charge is 0.408 e. The quantitative estimate of drug-likeness (QED) is 0.128. The van der Waals surface area contributed by atoms with Crippen LogP contribution in [0.1, 0.15) is 97.1 Å². The van der Waals surface area contributed by atoms with E-state index >= 15 is 4.48 Å². The fourth-order valence-electron chi connectivity index (χ4n) is 7.10. The van der Waals surface area contributed by atoms with E-state index in [0.717, 1.165) is 19.3 Å². The molecule has 1 saturated heterocycles. The first kappa shape index (κ1) is 43.9. The fraction of sp³-hybridized carbons (Fsp3) is 0.649. The Kier molecular flexibility index (Phi) is 16.9. The van der Waals surface area contributed by atoms with Crippen molar-refractivity contribution in [2.24, 2.45) is 11.8 Å². The number of benzene rings is 1. The molecule has 1 aromatic rings. The van der Waals surface area contributed by atoms with E-state index in [9.17, 15) is 47.4 Å². The summed E-state index contributed by atoms with van der Waals surface area (Å²) in [6.45, 7) is 4.64. The van der Waals surface area contributed by atoms with Gasteiger partial charge in [-0.05, 0) is 77.2 Å². The first-order valence-electron chi connectivity index (χ1n) is 18.4. The number of carbonyl (C=O) groups excluding carboxylic acids is 7. The number of Topliss-reactive ketones (excluding diaryl/α,β-unsaturated/α-hetero) is 2. The van der Waals surface area contributed by atoms with Gasteiger partial charge in [-0.25, -0.2) is 13.6 Å². The van der Waals surface area contributed by atoms with Crippen molar-refractivity contribution >= 4 is 41.3 Å². The Balaban J connectivity index is 1.83. The highest BCUT2D eigenvalue weighted by molar-refractivity contribution is 6.38. The number of aliphatic hydroxyl groups is 1. The lowest BCUT2D eigenvalue weighted by Crippen LogP contribution is -2.59. The summed E-state index contributed by atoms with van der Waals surface area (Å²) in [4.78, 5) is 93.3. The molecule has 3 rings (SSSR count). The van der Waals surface area contributed by atoms with Gasteiger partial charge in [0.05, 0.1) is 18.2 Å². The SMILES string of the molecule is CC(=O)C(NC(=O)CN(F)C(=O)C(=O)C(CCC(F)F)NC(=O)C1[C@@H](CC(C)O)CCN1C(=O)C(NC(=O)OC(C)C)C1CCCCC1)c1ccccc1. The predicted octanol–water partition coefficient (Wildman–Crippen LogP) is 3.32. The van der Waals surface area contributed by atoms with Crippen molar-refractivity contribution < 1.29 is 56.7 Å². The van der Waals surface area contributed by atoms with Gasteiger partial charge in [-0.1, -0.05) is 54.1 Å². The van der Waals surface area contributed by atoms with Crippen LogP contribution in [0.3, 0.4) is 0 Å². The molecule has 0 bridgehead atoms. The third-order valence-corrected chi connectivity index (χ3v) is 9.59. The molecule has 14 nitrogen and oxygen atoms in total. The minimum absolute atomic E-state index is 0.0185. The molecule has 5 unspecified atom stereocenters. The minimum Gasteiger partial charge on any atom is -0.447 e. The van der Waals surface area contributed by atoms with Crippen molar-refractivity contribution in [1.82, 2.24) is 26.0 Å². The predicted molar refractivity (Wildman–Crippen MR) is 188 cm³/mol. The van der Waals surface area contributed by atoms with Crippen molar-refractivity contribution in [3.8, 4) is 0 Å². The topological polar surface area (TPSA) is 192 Å². The molecule has 5 amide bonds. The van der Waals surface area contributed by atoms with Crippen molar-refractivity contribution in [2.45, 2.75) is 128 Å². The largest absolute Gasteiger partial charge is 0.447 e. The van der Waals surface area contributed by atoms with E-state index in [1.165, 1.54) is 18.7 Å². The number of nitrogens with one attached hydrogen (secondary N) is 3. The maximum Gasteiger partial charge on any atom is 0.408 e. The van der Waals surface area contributed by atoms with Gasteiger partial charge in [0.1, 0.15) is 24.7 Å². The van der Waals surface area contributed by atoms with Crippen LogP contribution in [0.5, 0.6) is 0 Å². The highest BCUT2D eigenvalue weighted by Crippen LogP contribution is 2.33. The van der Waals surface area contributed by atoms with E-state index < -0.39 is 115 Å². The number of hydrogen-bond donors (Lipinski definition) is 4. The van der Waals surface area contributed by atoms with Crippen LogP contribution in [0.15, 0.2) is 30.3 Å². The molecule has 54 heavy (non-hydrogen) atoms. The third-order valence-electron chi connectivity index (χ3n) is 9.59. The third kappa shape index (κ3) is 12.8. The van der Waals surface area contributed by atoms with Gasteiger partial charge in [-0.2, -0.15) is 5.12 Å². The van der Waals surface area contributed by atoms with Gasteiger partial charge in [-0.15, -0.1) is 0 Å². The first-order valence-corrected chi connectivity index (χ1v) is 18.4. The number of rotatable bonds is 18. The molecule has 0 spiro atoms. The molecule has 2 aliphatic rings. The van der Waals surface area contributed by atoms with Gasteiger partial charge in [0.2, 0.25) is 29.9 Å². The zero-order valence-electron chi connectivity index (χ0n) is 31.1. The maximum atomic E-state index is 15.1. The second-order valence-electron chi connectivity index (χ2n) is 14.3. The monoisotopic (exact) mass is 767 g/mol. The van der Waals surface area contributed by atoms with Crippen molar-refractivity contribution in [2.75, 3.05) is 13.1 Å². The molecule has 17 heteroatoms. The van der Waals surface area contributed by atoms with E-state index in [1.54, 1.807) is 44.2 Å². The molecule has 300 valence electrons. The van der Waals surface area contributed by atoms with Crippen LogP contribution < -0.4 is 16.0 Å². The highest BCUT2D eigenvalue weighted by atomic mass is 19.3. The normalized spacial score (nSPS) is 19.7. The summed E-state index contributed by atoms with van der Waals surface area (Å²) in [5, 5.41) is 16.7. The van der Waals surface area contributed by atoms with Crippen LogP contribution >= 0.6 is 0 Å². The van der Waals surface area contributed by atoms with Crippen LogP contribution in [0.2, 0.25) is 0 Å². The lowest BCUT2D eigenvalue weighted by atomic mass is 9.83. The summed E-state index contributed by atoms with van der Waals surface area (Å²) in [7, 11) is 0. The molecule has 0 aromatic heterocycles. The van der Waals surface area contributed by atoms with Gasteiger partial charge in [0.15, 0.2) is 5.78 Å². The van der Waals surface area contributed by atoms with Crippen LogP contribution in [0.25, 0.3) is 0 Å². The van der Waals surface area contributed by atoms with Gasteiger partial charge in [0, 0.05) is 13.0 Å². The standard InChI is InChI=1S/C37H52F3N5O9/c1-21(2)54-37(53)43-31(25-13-9-6-10-14-25)35(51)44-18-17-26(19-22(3)46)32(44)34(50)41-27(15-16-28(38)39)33(49)36(52)45(40)20-29(48)42-30(23(4)47)24-11-7-5-8-12-24/h5,7-8,11-12,21-22,25-28,30-32,46H,6,9-10,13-20H2,1-4H3,(H,41,50)(H,42,48)(H,43,53)/t22?,26-,27?,30?,31?,32?/m1/s1. The molecule has 2 fully saturated rings. The van der Waals surface area contributed by atoms with Gasteiger partial charge in [-0.3, -0.25) is 28.8 Å². The van der Waals surface area contributed by atoms with E-state index in [-0.39, 0.29) is 25.3 Å². The van der Waals surface area contributed by atoms with Crippen LogP contribution in [-0.4, -0.2) is 106 Å². The maximum absolute atomic E-state index is 15.1. The van der Waals surface area contributed by atoms with Gasteiger partial charge >= 0.3 is 12.0 Å². The average Bonchev–Trinajstić information content (AvgIpc) is 3.53. The number of ketones is 2. The molecular weight excluding hydrogens is 715 g/mol. The summed E-state index contributed by atoms with van der Waals surface area (Å²) in [6.07, 6.45) is -2.91. The Labute approximate surface area is 312 Å². The Bertz CT molecular complexity index is 1480. The Morgan fingerprint density at radius 3 is 2.15 bits per heavy atom. The molecule has 4 N–H and O–H groups in total. The highest BCUT2D eigenvalue weighted by Gasteiger charge is 2.47. The number of hydrogen-bond acceptors (Lipinski definition) is 9. The summed E-state index contributed by atoms with van der Waals surface area (Å²) >= 11 is 0. The number of amides is 5. The Morgan fingerprint density at radius 1 is 0.926 bits per heavy atom. The lowest BCUT2D eigenvalue weighted by molar-refractivity contribution is -0.159. The average molecular weight is 768 g/mol. The van der Waals surface area contributed by atoms with E-state index in [1.807, 2.05) is 0 Å². The second-order valence-corrected chi connectivity index (χ2v) is 14.3. The zero-order chi connectivity index (χ0) is 40.1. The molecular formula is C37H52F3N5O9. The molecule has 1 saturated carbocycles. The summed E-state index contributed by atoms with van der Waals surface area (Å²) in [6, 6.07) is 2.38. The lowest BCUT2D eigenvalue weighted by Gasteiger charge is -2.36. The zero-order valence-corrected chi connectivity index (χ0v) is 31.1. The Morgan fingerprint density at radius 2 is 1.57 bits per heavy atom. The van der Waals surface area contributed by atoms with Crippen LogP contribution in [0, 0.1) is 11.8 Å². The molecule has 6 atom stereocenters. The number of ether oxygens (including phenoxy) is 1. The first-order chi connectivity index (χ1) is 25.5. The van der Waals surface area contributed by atoms with Gasteiger partial charge < -0.3 is 30.7 Å². The van der Waals surface area contributed by atoms with E-state index in [4.69, 9.17) is 4.74 Å². The summed E-state index contributed by atoms with van der Waals surface area (Å²) < 4.78 is 47.1. The summed E-state index contributed by atoms with van der Waals surface area (Å²) in [5.41, 5.74) is 0.380. The van der Waals surface area contributed by atoms with Crippen molar-refractivity contribution in [3.63, 3.8) is 0 Å². The number of carbonyl (C=O) groups is 7. The molecule has 1 heterocycles. The minimum atomic E-state index is -2.97. The number of nitrogens with zero attached hydrogens (tertiary/aromatic N) is 2. The number of halogens is 3. The van der Waals surface area contributed by atoms with E-state index in [2.05, 4.69) is 16.0 Å². The number of alkyl carbamates (subject to hydrolysis) is 1. The van der Waals surface area contributed by atoms with Crippen LogP contribution in [-0.2, 0) is 33.5 Å². The Hall–Kier alpha value is -4.54. The number of aliphatic hydroxyl groups excluding tert-OH is 1. The van der Waals surface area contributed by atoms with Crippen molar-refractivity contribution in [3.05, 3.63) is 35.9 Å². The number of alkyl halides is 2. The van der Waals surface area contributed by atoms with Crippen molar-refractivity contribution in [1.29, 1.82) is 0 Å². The fourth-order valence-corrected chi connectivity index (χ4v) is 7.10. The second kappa shape index (κ2) is 20.8. The molecule has 1 aliphatic heterocycles. The van der Waals surface area contributed by atoms with E-state index in [0.29, 0.717) is 18.4 Å². The van der Waals surface area contributed by atoms with Crippen LogP contribution in [0.4, 0.5) is 18.1 Å². The molecule has 0 radical (unpaired) electrons. The molecule has 1 aromatic carbocycles. The molecule has 1 aliphatic carbocycles. The number of likely N-dealkylation sites (tertiary alicyclic amines) is 1. The van der Waals surface area contributed by atoms with Gasteiger partial charge in [0.25, 0.3) is 0 Å². The summed E-state index contributed by atoms with van der Waals surface area (Å²) in [5.74, 6) is -7.75.